The van der Waals surface area contributed by atoms with E-state index in [1.807, 2.05) is 6.92 Å². The summed E-state index contributed by atoms with van der Waals surface area (Å²) in [5, 5.41) is 10.8. The van der Waals surface area contributed by atoms with E-state index in [0.717, 1.165) is 6.42 Å². The number of piperazine rings is 1. The maximum Gasteiger partial charge on any atom is 0.252 e. The summed E-state index contributed by atoms with van der Waals surface area (Å²) in [6.45, 7) is 4.13. The van der Waals surface area contributed by atoms with Crippen LogP contribution < -0.4 is 0 Å². The summed E-state index contributed by atoms with van der Waals surface area (Å²) in [4.78, 5) is 2.06. The maximum atomic E-state index is 12.3. The van der Waals surface area contributed by atoms with Crippen LogP contribution in [0.5, 0.6) is 0 Å². The van der Waals surface area contributed by atoms with Crippen LogP contribution in [0.4, 0.5) is 0 Å². The molecule has 0 aliphatic carbocycles. The molecule has 7 heteroatoms. The first-order valence-electron chi connectivity index (χ1n) is 6.27. The standard InChI is InChI=1S/C12H17N3O2S2/c1-2-11(10-13)14-5-7-15(8-6-14)19(16,17)12-4-3-9-18-12/h3-4,9,11H,2,5-8H2,1H3. The van der Waals surface area contributed by atoms with Crippen molar-refractivity contribution in [2.24, 2.45) is 0 Å². The zero-order valence-electron chi connectivity index (χ0n) is 10.8. The Morgan fingerprint density at radius 2 is 2.11 bits per heavy atom. The minimum absolute atomic E-state index is 0.105. The fraction of sp³-hybridized carbons (Fsp3) is 0.583. The van der Waals surface area contributed by atoms with Gasteiger partial charge in [-0.1, -0.05) is 13.0 Å². The Kier molecular flexibility index (Phi) is 4.58. The van der Waals surface area contributed by atoms with Crippen LogP contribution in [0.1, 0.15) is 13.3 Å². The fourth-order valence-electron chi connectivity index (χ4n) is 2.22. The minimum Gasteiger partial charge on any atom is -0.285 e. The third-order valence-corrected chi connectivity index (χ3v) is 6.61. The third-order valence-electron chi connectivity index (χ3n) is 3.34. The van der Waals surface area contributed by atoms with E-state index in [-0.39, 0.29) is 6.04 Å². The lowest BCUT2D eigenvalue weighted by Gasteiger charge is -2.35. The Hall–Kier alpha value is -0.940. The second-order valence-corrected chi connectivity index (χ2v) is 7.54. The lowest BCUT2D eigenvalue weighted by Crippen LogP contribution is -2.51. The molecule has 5 nitrogen and oxygen atoms in total. The first-order chi connectivity index (χ1) is 9.09. The molecule has 0 saturated carbocycles. The van der Waals surface area contributed by atoms with Gasteiger partial charge >= 0.3 is 0 Å². The first-order valence-corrected chi connectivity index (χ1v) is 8.59. The highest BCUT2D eigenvalue weighted by Crippen LogP contribution is 2.22. The Bertz CT molecular complexity index is 540. The molecule has 1 aliphatic rings. The Labute approximate surface area is 118 Å². The van der Waals surface area contributed by atoms with E-state index >= 15 is 0 Å². The van der Waals surface area contributed by atoms with Crippen molar-refractivity contribution in [3.05, 3.63) is 17.5 Å². The van der Waals surface area contributed by atoms with Crippen molar-refractivity contribution in [3.8, 4) is 6.07 Å². The maximum absolute atomic E-state index is 12.3. The summed E-state index contributed by atoms with van der Waals surface area (Å²) in [5.74, 6) is 0. The summed E-state index contributed by atoms with van der Waals surface area (Å²) >= 11 is 1.24. The monoisotopic (exact) mass is 299 g/mol. The van der Waals surface area contributed by atoms with Crippen LogP contribution in [-0.4, -0.2) is 49.8 Å². The zero-order valence-corrected chi connectivity index (χ0v) is 12.5. The molecule has 0 amide bonds. The lowest BCUT2D eigenvalue weighted by molar-refractivity contribution is 0.159. The minimum atomic E-state index is -3.34. The first kappa shape index (κ1) is 14.5. The van der Waals surface area contributed by atoms with Gasteiger partial charge in [0.05, 0.1) is 12.1 Å². The molecular weight excluding hydrogens is 282 g/mol. The molecule has 1 fully saturated rings. The molecule has 1 aromatic rings. The summed E-state index contributed by atoms with van der Waals surface area (Å²) in [6, 6.07) is 5.54. The Balaban J connectivity index is 2.03. The van der Waals surface area contributed by atoms with Crippen LogP contribution in [0.25, 0.3) is 0 Å². The Morgan fingerprint density at radius 1 is 1.42 bits per heavy atom. The van der Waals surface area contributed by atoms with E-state index in [4.69, 9.17) is 5.26 Å². The van der Waals surface area contributed by atoms with Crippen LogP contribution in [0.2, 0.25) is 0 Å². The molecule has 2 rings (SSSR count). The SMILES string of the molecule is CCC(C#N)N1CCN(S(=O)(=O)c2cccs2)CC1. The average Bonchev–Trinajstić information content (AvgIpc) is 2.95. The second-order valence-electron chi connectivity index (χ2n) is 4.43. The topological polar surface area (TPSA) is 64.4 Å². The van der Waals surface area contributed by atoms with Gasteiger partial charge in [-0.05, 0) is 17.9 Å². The molecule has 0 spiro atoms. The van der Waals surface area contributed by atoms with E-state index in [0.29, 0.717) is 30.4 Å². The molecule has 104 valence electrons. The number of sulfonamides is 1. The lowest BCUT2D eigenvalue weighted by atomic mass is 10.2. The highest BCUT2D eigenvalue weighted by atomic mass is 32.2. The van der Waals surface area contributed by atoms with Crippen molar-refractivity contribution in [2.75, 3.05) is 26.2 Å². The normalized spacial score (nSPS) is 20.0. The average molecular weight is 299 g/mol. The number of hydrogen-bond donors (Lipinski definition) is 0. The number of hydrogen-bond acceptors (Lipinski definition) is 5. The van der Waals surface area contributed by atoms with Gasteiger partial charge in [0.25, 0.3) is 10.0 Å². The van der Waals surface area contributed by atoms with Gasteiger partial charge in [-0.25, -0.2) is 8.42 Å². The molecule has 0 aromatic carbocycles. The van der Waals surface area contributed by atoms with Gasteiger partial charge in [0.1, 0.15) is 4.21 Å². The van der Waals surface area contributed by atoms with E-state index in [1.54, 1.807) is 17.5 Å². The molecule has 0 bridgehead atoms. The molecule has 19 heavy (non-hydrogen) atoms. The summed E-state index contributed by atoms with van der Waals surface area (Å²) in [7, 11) is -3.34. The largest absolute Gasteiger partial charge is 0.285 e. The predicted octanol–water partition coefficient (Wildman–Crippen LogP) is 1.36. The summed E-state index contributed by atoms with van der Waals surface area (Å²) in [5.41, 5.74) is 0. The van der Waals surface area contributed by atoms with E-state index in [2.05, 4.69) is 11.0 Å². The van der Waals surface area contributed by atoms with Gasteiger partial charge in [0, 0.05) is 26.2 Å². The highest BCUT2D eigenvalue weighted by molar-refractivity contribution is 7.91. The number of nitrogens with zero attached hydrogens (tertiary/aromatic N) is 3. The second kappa shape index (κ2) is 6.01. The van der Waals surface area contributed by atoms with Crippen molar-refractivity contribution in [1.82, 2.24) is 9.21 Å². The van der Waals surface area contributed by atoms with Crippen molar-refractivity contribution < 1.29 is 8.42 Å². The molecular formula is C12H17N3O2S2. The summed E-state index contributed by atoms with van der Waals surface area (Å²) < 4.78 is 26.5. The quantitative estimate of drug-likeness (QED) is 0.842. The smallest absolute Gasteiger partial charge is 0.252 e. The molecule has 1 aromatic heterocycles. The van der Waals surface area contributed by atoms with Crippen LogP contribution in [0.3, 0.4) is 0 Å². The molecule has 2 heterocycles. The van der Waals surface area contributed by atoms with Gasteiger partial charge in [-0.2, -0.15) is 9.57 Å². The van der Waals surface area contributed by atoms with Gasteiger partial charge < -0.3 is 0 Å². The molecule has 1 aliphatic heterocycles. The molecule has 1 unspecified atom stereocenters. The van der Waals surface area contributed by atoms with Crippen molar-refractivity contribution in [2.45, 2.75) is 23.6 Å². The molecule has 0 N–H and O–H groups in total. The van der Waals surface area contributed by atoms with Crippen LogP contribution in [0.15, 0.2) is 21.7 Å². The van der Waals surface area contributed by atoms with E-state index < -0.39 is 10.0 Å². The van der Waals surface area contributed by atoms with Gasteiger partial charge in [-0.15, -0.1) is 11.3 Å². The predicted molar refractivity (Wildman–Crippen MR) is 74.3 cm³/mol. The van der Waals surface area contributed by atoms with Crippen LogP contribution in [-0.2, 0) is 10.0 Å². The number of nitriles is 1. The zero-order chi connectivity index (χ0) is 13.9. The third kappa shape index (κ3) is 2.98. The van der Waals surface area contributed by atoms with E-state index in [1.165, 1.54) is 15.6 Å². The van der Waals surface area contributed by atoms with Crippen molar-refractivity contribution >= 4 is 21.4 Å². The molecule has 1 atom stereocenters. The van der Waals surface area contributed by atoms with Crippen molar-refractivity contribution in [1.29, 1.82) is 5.26 Å². The molecule has 1 saturated heterocycles. The summed E-state index contributed by atoms with van der Waals surface area (Å²) in [6.07, 6.45) is 0.772. The van der Waals surface area contributed by atoms with Gasteiger partial charge in [0.15, 0.2) is 0 Å². The highest BCUT2D eigenvalue weighted by Gasteiger charge is 2.30. The van der Waals surface area contributed by atoms with E-state index in [9.17, 15) is 8.42 Å². The van der Waals surface area contributed by atoms with Crippen molar-refractivity contribution in [3.63, 3.8) is 0 Å². The number of thiophene rings is 1. The fourth-order valence-corrected chi connectivity index (χ4v) is 4.79. The van der Waals surface area contributed by atoms with Crippen LogP contribution >= 0.6 is 11.3 Å². The number of rotatable bonds is 4. The molecule has 0 radical (unpaired) electrons. The van der Waals surface area contributed by atoms with Gasteiger partial charge in [0.2, 0.25) is 0 Å². The Morgan fingerprint density at radius 3 is 2.58 bits per heavy atom. The van der Waals surface area contributed by atoms with Crippen LogP contribution in [0, 0.1) is 11.3 Å². The van der Waals surface area contributed by atoms with Gasteiger partial charge in [-0.3, -0.25) is 4.90 Å².